The van der Waals surface area contributed by atoms with Crippen LogP contribution in [0.25, 0.3) is 0 Å². The molecule has 1 aromatic carbocycles. The number of rotatable bonds is 7. The van der Waals surface area contributed by atoms with Gasteiger partial charge in [0.1, 0.15) is 13.2 Å². The highest BCUT2D eigenvalue weighted by Crippen LogP contribution is 2.11. The average Bonchev–Trinajstić information content (AvgIpc) is 2.62. The number of methoxy groups -OCH3 is 1. The van der Waals surface area contributed by atoms with E-state index >= 15 is 0 Å². The minimum Gasteiger partial charge on any atom is -0.463 e. The SMILES string of the molecule is COCC(=O)OCCN1CCN(C(=O)c2cccc(CN)c2)CC1. The van der Waals surface area contributed by atoms with Crippen LogP contribution >= 0.6 is 0 Å². The zero-order valence-corrected chi connectivity index (χ0v) is 14.1. The van der Waals surface area contributed by atoms with E-state index in [1.807, 2.05) is 29.2 Å². The highest BCUT2D eigenvalue weighted by molar-refractivity contribution is 5.94. The van der Waals surface area contributed by atoms with Crippen molar-refractivity contribution in [2.75, 3.05) is 53.0 Å². The van der Waals surface area contributed by atoms with Crippen LogP contribution in [-0.2, 0) is 20.8 Å². The number of esters is 1. The molecule has 0 atom stereocenters. The Morgan fingerprint density at radius 3 is 2.62 bits per heavy atom. The number of hydrogen-bond donors (Lipinski definition) is 1. The Morgan fingerprint density at radius 1 is 1.21 bits per heavy atom. The van der Waals surface area contributed by atoms with Gasteiger partial charge in [-0.1, -0.05) is 12.1 Å². The van der Waals surface area contributed by atoms with E-state index in [-0.39, 0.29) is 18.5 Å². The number of hydrogen-bond acceptors (Lipinski definition) is 6. The van der Waals surface area contributed by atoms with E-state index in [4.69, 9.17) is 15.2 Å². The summed E-state index contributed by atoms with van der Waals surface area (Å²) < 4.78 is 9.76. The molecule has 7 nitrogen and oxygen atoms in total. The molecule has 7 heteroatoms. The number of nitrogens with two attached hydrogens (primary N) is 1. The van der Waals surface area contributed by atoms with E-state index in [1.54, 1.807) is 0 Å². The lowest BCUT2D eigenvalue weighted by Gasteiger charge is -2.34. The number of benzene rings is 1. The van der Waals surface area contributed by atoms with Crippen LogP contribution in [0.15, 0.2) is 24.3 Å². The van der Waals surface area contributed by atoms with Gasteiger partial charge in [0.25, 0.3) is 5.91 Å². The molecule has 1 fully saturated rings. The predicted molar refractivity (Wildman–Crippen MR) is 89.5 cm³/mol. The standard InChI is InChI=1S/C17H25N3O4/c1-23-13-16(21)24-10-9-19-5-7-20(8-6-19)17(22)15-4-2-3-14(11-15)12-18/h2-4,11H,5-10,12-13,18H2,1H3. The Morgan fingerprint density at radius 2 is 1.96 bits per heavy atom. The monoisotopic (exact) mass is 335 g/mol. The largest absolute Gasteiger partial charge is 0.463 e. The third kappa shape index (κ3) is 5.30. The van der Waals surface area contributed by atoms with Crippen molar-refractivity contribution < 1.29 is 19.1 Å². The normalized spacial score (nSPS) is 15.3. The van der Waals surface area contributed by atoms with Crippen molar-refractivity contribution in [2.45, 2.75) is 6.54 Å². The first-order valence-corrected chi connectivity index (χ1v) is 8.09. The summed E-state index contributed by atoms with van der Waals surface area (Å²) in [4.78, 5) is 27.8. The number of piperazine rings is 1. The van der Waals surface area contributed by atoms with Crippen molar-refractivity contribution in [1.29, 1.82) is 0 Å². The minimum absolute atomic E-state index is 0.0237. The lowest BCUT2D eigenvalue weighted by atomic mass is 10.1. The number of ether oxygens (including phenoxy) is 2. The fraction of sp³-hybridized carbons (Fsp3) is 0.529. The molecule has 132 valence electrons. The number of nitrogens with zero attached hydrogens (tertiary/aromatic N) is 2. The second-order valence-corrected chi connectivity index (χ2v) is 5.69. The molecule has 1 aliphatic rings. The van der Waals surface area contributed by atoms with Gasteiger partial charge in [-0.05, 0) is 17.7 Å². The Labute approximate surface area is 142 Å². The smallest absolute Gasteiger partial charge is 0.332 e. The summed E-state index contributed by atoms with van der Waals surface area (Å²) >= 11 is 0. The van der Waals surface area contributed by atoms with Gasteiger partial charge >= 0.3 is 5.97 Å². The van der Waals surface area contributed by atoms with Gasteiger partial charge in [0.2, 0.25) is 0 Å². The Balaban J connectivity index is 1.75. The maximum Gasteiger partial charge on any atom is 0.332 e. The van der Waals surface area contributed by atoms with E-state index in [2.05, 4.69) is 4.90 Å². The summed E-state index contributed by atoms with van der Waals surface area (Å²) in [6, 6.07) is 7.45. The summed E-state index contributed by atoms with van der Waals surface area (Å²) in [6.45, 7) is 4.28. The quantitative estimate of drug-likeness (QED) is 0.711. The molecule has 0 saturated carbocycles. The van der Waals surface area contributed by atoms with Crippen LogP contribution in [0.5, 0.6) is 0 Å². The van der Waals surface area contributed by atoms with Crippen LogP contribution in [0.1, 0.15) is 15.9 Å². The molecule has 1 amide bonds. The third-order valence-corrected chi connectivity index (χ3v) is 4.00. The van der Waals surface area contributed by atoms with Gasteiger partial charge in [0.05, 0.1) is 0 Å². The molecule has 1 heterocycles. The molecule has 0 aromatic heterocycles. The predicted octanol–water partition coefficient (Wildman–Crippen LogP) is 0.0927. The van der Waals surface area contributed by atoms with Gasteiger partial charge in [-0.2, -0.15) is 0 Å². The fourth-order valence-electron chi connectivity index (χ4n) is 2.64. The molecule has 1 saturated heterocycles. The summed E-state index contributed by atoms with van der Waals surface area (Å²) in [6.07, 6.45) is 0. The van der Waals surface area contributed by atoms with Crippen molar-refractivity contribution in [1.82, 2.24) is 9.80 Å². The zero-order valence-electron chi connectivity index (χ0n) is 14.1. The van der Waals surface area contributed by atoms with Crippen LogP contribution in [0.3, 0.4) is 0 Å². The van der Waals surface area contributed by atoms with E-state index in [9.17, 15) is 9.59 Å². The van der Waals surface area contributed by atoms with E-state index in [1.165, 1.54) is 7.11 Å². The molecule has 0 bridgehead atoms. The summed E-state index contributed by atoms with van der Waals surface area (Å²) in [7, 11) is 1.46. The first-order chi connectivity index (χ1) is 11.6. The first-order valence-electron chi connectivity index (χ1n) is 8.09. The summed E-state index contributed by atoms with van der Waals surface area (Å²) in [5.41, 5.74) is 7.26. The van der Waals surface area contributed by atoms with Gasteiger partial charge in [-0.3, -0.25) is 9.69 Å². The first kappa shape index (κ1) is 18.4. The number of carbonyl (C=O) groups is 2. The molecule has 0 radical (unpaired) electrons. The lowest BCUT2D eigenvalue weighted by Crippen LogP contribution is -2.49. The van der Waals surface area contributed by atoms with Crippen molar-refractivity contribution in [3.63, 3.8) is 0 Å². The molecule has 1 aliphatic heterocycles. The molecule has 2 N–H and O–H groups in total. The van der Waals surface area contributed by atoms with Crippen molar-refractivity contribution in [3.8, 4) is 0 Å². The van der Waals surface area contributed by atoms with E-state index < -0.39 is 0 Å². The third-order valence-electron chi connectivity index (χ3n) is 4.00. The average molecular weight is 335 g/mol. The highest BCUT2D eigenvalue weighted by atomic mass is 16.6. The van der Waals surface area contributed by atoms with Gasteiger partial charge in [-0.15, -0.1) is 0 Å². The summed E-state index contributed by atoms with van der Waals surface area (Å²) in [5, 5.41) is 0. The minimum atomic E-state index is -0.355. The van der Waals surface area contributed by atoms with Crippen LogP contribution in [0.4, 0.5) is 0 Å². The topological polar surface area (TPSA) is 85.1 Å². The zero-order chi connectivity index (χ0) is 17.4. The van der Waals surface area contributed by atoms with Crippen molar-refractivity contribution >= 4 is 11.9 Å². The van der Waals surface area contributed by atoms with E-state index in [0.29, 0.717) is 38.3 Å². The lowest BCUT2D eigenvalue weighted by molar-refractivity contribution is -0.148. The molecular weight excluding hydrogens is 310 g/mol. The van der Waals surface area contributed by atoms with Gasteiger partial charge in [-0.25, -0.2) is 4.79 Å². The van der Waals surface area contributed by atoms with Gasteiger partial charge in [0, 0.05) is 51.9 Å². The van der Waals surface area contributed by atoms with Crippen LogP contribution in [0, 0.1) is 0 Å². The van der Waals surface area contributed by atoms with Crippen LogP contribution in [-0.4, -0.2) is 74.7 Å². The number of carbonyl (C=O) groups excluding carboxylic acids is 2. The highest BCUT2D eigenvalue weighted by Gasteiger charge is 2.22. The molecule has 0 aliphatic carbocycles. The van der Waals surface area contributed by atoms with E-state index in [0.717, 1.165) is 18.7 Å². The molecule has 2 rings (SSSR count). The Kier molecular flexibility index (Phi) is 7.17. The fourth-order valence-corrected chi connectivity index (χ4v) is 2.64. The van der Waals surface area contributed by atoms with Crippen LogP contribution in [0.2, 0.25) is 0 Å². The molecule has 24 heavy (non-hydrogen) atoms. The molecular formula is C17H25N3O4. The summed E-state index contributed by atoms with van der Waals surface area (Å²) in [5.74, 6) is -0.317. The molecule has 0 spiro atoms. The second kappa shape index (κ2) is 9.36. The number of amides is 1. The Hall–Kier alpha value is -1.96. The van der Waals surface area contributed by atoms with Crippen molar-refractivity contribution in [3.05, 3.63) is 35.4 Å². The second-order valence-electron chi connectivity index (χ2n) is 5.69. The maximum absolute atomic E-state index is 12.5. The maximum atomic E-state index is 12.5. The Bertz CT molecular complexity index is 557. The van der Waals surface area contributed by atoms with Crippen LogP contribution < -0.4 is 5.73 Å². The molecule has 1 aromatic rings. The van der Waals surface area contributed by atoms with Gasteiger partial charge < -0.3 is 20.1 Å². The van der Waals surface area contributed by atoms with Crippen molar-refractivity contribution in [2.24, 2.45) is 5.73 Å². The van der Waals surface area contributed by atoms with Gasteiger partial charge in [0.15, 0.2) is 0 Å². The molecule has 0 unspecified atom stereocenters.